The molecular formula is C22H28N2O5S. The molecule has 0 saturated carbocycles. The van der Waals surface area contributed by atoms with Crippen LogP contribution in [-0.2, 0) is 26.0 Å². The lowest BCUT2D eigenvalue weighted by Crippen LogP contribution is -2.40. The van der Waals surface area contributed by atoms with Gasteiger partial charge in [-0.05, 0) is 61.2 Å². The maximum atomic E-state index is 12.9. The van der Waals surface area contributed by atoms with E-state index in [1.165, 1.54) is 11.4 Å². The summed E-state index contributed by atoms with van der Waals surface area (Å²) in [6, 6.07) is 10.7. The highest BCUT2D eigenvalue weighted by Crippen LogP contribution is 2.26. The molecule has 0 unspecified atom stereocenters. The van der Waals surface area contributed by atoms with Crippen molar-refractivity contribution < 1.29 is 22.7 Å². The summed E-state index contributed by atoms with van der Waals surface area (Å²) < 4.78 is 37.9. The van der Waals surface area contributed by atoms with Crippen LogP contribution in [0.4, 0.5) is 5.69 Å². The summed E-state index contributed by atoms with van der Waals surface area (Å²) >= 11 is 0. The normalized spacial score (nSPS) is 15.0. The number of carbonyl (C=O) groups is 1. The Morgan fingerprint density at radius 2 is 1.87 bits per heavy atom. The summed E-state index contributed by atoms with van der Waals surface area (Å²) in [4.78, 5) is 12.7. The standard InChI is InChI=1S/C22H28N2O5S/c1-16-4-5-17(2)20(14-16)23-22(25)9-6-18-15-19(7-8-21(18)28-3)30(26,27)24-10-12-29-13-11-24/h4-5,7-8,14-15H,6,9-13H2,1-3H3,(H,23,25). The van der Waals surface area contributed by atoms with Crippen molar-refractivity contribution in [3.8, 4) is 5.75 Å². The number of rotatable bonds is 7. The average molecular weight is 433 g/mol. The van der Waals surface area contributed by atoms with Gasteiger partial charge < -0.3 is 14.8 Å². The SMILES string of the molecule is COc1ccc(S(=O)(=O)N2CCOCC2)cc1CCC(=O)Nc1cc(C)ccc1C. The first kappa shape index (κ1) is 22.3. The summed E-state index contributed by atoms with van der Waals surface area (Å²) in [5, 5.41) is 2.94. The van der Waals surface area contributed by atoms with Gasteiger partial charge in [-0.2, -0.15) is 4.31 Å². The fraction of sp³-hybridized carbons (Fsp3) is 0.409. The minimum Gasteiger partial charge on any atom is -0.496 e. The quantitative estimate of drug-likeness (QED) is 0.727. The predicted octanol–water partition coefficient (Wildman–Crippen LogP) is 2.90. The van der Waals surface area contributed by atoms with E-state index in [4.69, 9.17) is 9.47 Å². The van der Waals surface area contributed by atoms with Crippen molar-refractivity contribution in [3.63, 3.8) is 0 Å². The lowest BCUT2D eigenvalue weighted by molar-refractivity contribution is -0.116. The third kappa shape index (κ3) is 5.19. The van der Waals surface area contributed by atoms with Crippen LogP contribution in [0.5, 0.6) is 5.75 Å². The summed E-state index contributed by atoms with van der Waals surface area (Å²) in [5.74, 6) is 0.433. The van der Waals surface area contributed by atoms with Gasteiger partial charge in [0.05, 0.1) is 25.2 Å². The van der Waals surface area contributed by atoms with Crippen molar-refractivity contribution in [2.75, 3.05) is 38.7 Å². The number of hydrogen-bond donors (Lipinski definition) is 1. The number of methoxy groups -OCH3 is 1. The Balaban J connectivity index is 1.74. The molecule has 7 nitrogen and oxygen atoms in total. The number of amides is 1. The second kappa shape index (κ2) is 9.59. The van der Waals surface area contributed by atoms with Crippen molar-refractivity contribution in [1.82, 2.24) is 4.31 Å². The summed E-state index contributed by atoms with van der Waals surface area (Å²) in [7, 11) is -2.08. The van der Waals surface area contributed by atoms with Crippen molar-refractivity contribution in [2.45, 2.75) is 31.6 Å². The Bertz CT molecular complexity index is 1010. The van der Waals surface area contributed by atoms with Crippen molar-refractivity contribution >= 4 is 21.6 Å². The Morgan fingerprint density at radius 3 is 2.57 bits per heavy atom. The van der Waals surface area contributed by atoms with E-state index in [0.29, 0.717) is 44.0 Å². The molecule has 0 radical (unpaired) electrons. The Hall–Kier alpha value is -2.42. The number of carbonyl (C=O) groups excluding carboxylic acids is 1. The van der Waals surface area contributed by atoms with Crippen LogP contribution in [0.1, 0.15) is 23.1 Å². The minimum absolute atomic E-state index is 0.132. The molecule has 0 spiro atoms. The number of morpholine rings is 1. The smallest absolute Gasteiger partial charge is 0.243 e. The highest BCUT2D eigenvalue weighted by molar-refractivity contribution is 7.89. The zero-order chi connectivity index (χ0) is 21.7. The molecule has 0 bridgehead atoms. The number of benzene rings is 2. The molecular weight excluding hydrogens is 404 g/mol. The van der Waals surface area contributed by atoms with E-state index in [-0.39, 0.29) is 17.2 Å². The Kier molecular flexibility index (Phi) is 7.12. The molecule has 3 rings (SSSR count). The topological polar surface area (TPSA) is 84.9 Å². The van der Waals surface area contributed by atoms with E-state index in [2.05, 4.69) is 5.32 Å². The lowest BCUT2D eigenvalue weighted by atomic mass is 10.1. The fourth-order valence-electron chi connectivity index (χ4n) is 3.38. The zero-order valence-electron chi connectivity index (χ0n) is 17.6. The molecule has 162 valence electrons. The molecule has 30 heavy (non-hydrogen) atoms. The lowest BCUT2D eigenvalue weighted by Gasteiger charge is -2.26. The molecule has 1 fully saturated rings. The van der Waals surface area contributed by atoms with E-state index in [1.807, 2.05) is 32.0 Å². The highest BCUT2D eigenvalue weighted by atomic mass is 32.2. The van der Waals surface area contributed by atoms with Gasteiger partial charge in [-0.1, -0.05) is 12.1 Å². The molecule has 8 heteroatoms. The molecule has 0 aromatic heterocycles. The third-order valence-electron chi connectivity index (χ3n) is 5.15. The zero-order valence-corrected chi connectivity index (χ0v) is 18.4. The van der Waals surface area contributed by atoms with Crippen molar-refractivity contribution in [1.29, 1.82) is 0 Å². The monoisotopic (exact) mass is 432 g/mol. The largest absolute Gasteiger partial charge is 0.496 e. The van der Waals surface area contributed by atoms with Crippen LogP contribution in [0.3, 0.4) is 0 Å². The summed E-state index contributed by atoms with van der Waals surface area (Å²) in [6.45, 7) is 5.36. The average Bonchev–Trinajstić information content (AvgIpc) is 2.75. The highest BCUT2D eigenvalue weighted by Gasteiger charge is 2.27. The van der Waals surface area contributed by atoms with E-state index >= 15 is 0 Å². The molecule has 1 amide bonds. The number of nitrogens with zero attached hydrogens (tertiary/aromatic N) is 1. The van der Waals surface area contributed by atoms with Gasteiger partial charge in [-0.3, -0.25) is 4.79 Å². The number of sulfonamides is 1. The minimum atomic E-state index is -3.61. The van der Waals surface area contributed by atoms with Gasteiger partial charge in [0.25, 0.3) is 0 Å². The van der Waals surface area contributed by atoms with Crippen LogP contribution < -0.4 is 10.1 Å². The summed E-state index contributed by atoms with van der Waals surface area (Å²) in [6.07, 6.45) is 0.580. The first-order chi connectivity index (χ1) is 14.3. The van der Waals surface area contributed by atoms with Crippen LogP contribution in [0.2, 0.25) is 0 Å². The fourth-order valence-corrected chi connectivity index (χ4v) is 4.84. The van der Waals surface area contributed by atoms with Crippen LogP contribution >= 0.6 is 0 Å². The van der Waals surface area contributed by atoms with Gasteiger partial charge in [0.1, 0.15) is 5.75 Å². The molecule has 0 aliphatic carbocycles. The number of anilines is 1. The Labute approximate surface area is 178 Å². The van der Waals surface area contributed by atoms with Crippen LogP contribution in [0, 0.1) is 13.8 Å². The number of ether oxygens (including phenoxy) is 2. The van der Waals surface area contributed by atoms with Crippen LogP contribution in [0.25, 0.3) is 0 Å². The van der Waals surface area contributed by atoms with Gasteiger partial charge in [-0.15, -0.1) is 0 Å². The van der Waals surface area contributed by atoms with Crippen LogP contribution in [0.15, 0.2) is 41.3 Å². The molecule has 2 aromatic rings. The first-order valence-electron chi connectivity index (χ1n) is 9.93. The van der Waals surface area contributed by atoms with Gasteiger partial charge in [-0.25, -0.2) is 8.42 Å². The number of aryl methyl sites for hydroxylation is 3. The van der Waals surface area contributed by atoms with Crippen molar-refractivity contribution in [2.24, 2.45) is 0 Å². The number of hydrogen-bond acceptors (Lipinski definition) is 5. The molecule has 2 aromatic carbocycles. The molecule has 1 aliphatic rings. The molecule has 1 saturated heterocycles. The van der Waals surface area contributed by atoms with Crippen LogP contribution in [-0.4, -0.2) is 52.0 Å². The van der Waals surface area contributed by atoms with Gasteiger partial charge in [0, 0.05) is 25.2 Å². The predicted molar refractivity (Wildman–Crippen MR) is 115 cm³/mol. The second-order valence-corrected chi connectivity index (χ2v) is 9.29. The maximum absolute atomic E-state index is 12.9. The summed E-state index contributed by atoms with van der Waals surface area (Å²) in [5.41, 5.74) is 3.53. The third-order valence-corrected chi connectivity index (χ3v) is 7.04. The van der Waals surface area contributed by atoms with Gasteiger partial charge in [0.2, 0.25) is 15.9 Å². The van der Waals surface area contributed by atoms with E-state index < -0.39 is 10.0 Å². The molecule has 0 atom stereocenters. The maximum Gasteiger partial charge on any atom is 0.243 e. The molecule has 1 aliphatic heterocycles. The van der Waals surface area contributed by atoms with E-state index in [1.54, 1.807) is 18.2 Å². The van der Waals surface area contributed by atoms with Crippen molar-refractivity contribution in [3.05, 3.63) is 53.1 Å². The van der Waals surface area contributed by atoms with Gasteiger partial charge >= 0.3 is 0 Å². The molecule has 1 heterocycles. The van der Waals surface area contributed by atoms with Gasteiger partial charge in [0.15, 0.2) is 0 Å². The second-order valence-electron chi connectivity index (χ2n) is 7.36. The van der Waals surface area contributed by atoms with E-state index in [0.717, 1.165) is 16.8 Å². The number of nitrogens with one attached hydrogen (secondary N) is 1. The first-order valence-corrected chi connectivity index (χ1v) is 11.4. The van der Waals surface area contributed by atoms with E-state index in [9.17, 15) is 13.2 Å². The molecule has 1 N–H and O–H groups in total. The Morgan fingerprint density at radius 1 is 1.13 bits per heavy atom.